The second-order valence-electron chi connectivity index (χ2n) is 5.67. The summed E-state index contributed by atoms with van der Waals surface area (Å²) in [5.41, 5.74) is 0.0755. The highest BCUT2D eigenvalue weighted by Gasteiger charge is 2.33. The molecule has 0 saturated carbocycles. The van der Waals surface area contributed by atoms with E-state index in [1.54, 1.807) is 18.2 Å². The first-order chi connectivity index (χ1) is 11.7. The van der Waals surface area contributed by atoms with Gasteiger partial charge in [-0.15, -0.1) is 0 Å². The predicted molar refractivity (Wildman–Crippen MR) is 92.8 cm³/mol. The van der Waals surface area contributed by atoms with Crippen molar-refractivity contribution in [2.45, 2.75) is 12.7 Å². The third kappa shape index (κ3) is 3.09. The largest absolute Gasteiger partial charge is 0.416 e. The van der Waals surface area contributed by atoms with Gasteiger partial charge in [-0.05, 0) is 41.5 Å². The van der Waals surface area contributed by atoms with E-state index in [0.29, 0.717) is 21.5 Å². The van der Waals surface area contributed by atoms with E-state index < -0.39 is 11.7 Å². The van der Waals surface area contributed by atoms with Crippen LogP contribution in [0.4, 0.5) is 13.2 Å². The minimum atomic E-state index is -4.49. The number of nitrogens with zero attached hydrogens (tertiary/aromatic N) is 2. The van der Waals surface area contributed by atoms with E-state index in [-0.39, 0.29) is 17.7 Å². The predicted octanol–water partition coefficient (Wildman–Crippen LogP) is 4.70. The molecule has 0 aliphatic carbocycles. The fourth-order valence-corrected chi connectivity index (χ4v) is 3.01. The molecule has 1 aromatic heterocycles. The number of hydrogen-bond acceptors (Lipinski definition) is 1. The molecule has 0 aliphatic heterocycles. The van der Waals surface area contributed by atoms with Gasteiger partial charge in [0.25, 0.3) is 5.56 Å². The first-order valence-electron chi connectivity index (χ1n) is 7.40. The summed E-state index contributed by atoms with van der Waals surface area (Å²) >= 11 is 5.99. The highest BCUT2D eigenvalue weighted by atomic mass is 35.5. The Morgan fingerprint density at radius 3 is 2.56 bits per heavy atom. The Kier molecular flexibility index (Phi) is 4.24. The molecule has 0 bridgehead atoms. The van der Waals surface area contributed by atoms with Gasteiger partial charge in [0.15, 0.2) is 0 Å². The fourth-order valence-electron chi connectivity index (χ4n) is 2.85. The van der Waals surface area contributed by atoms with Gasteiger partial charge in [0.05, 0.1) is 23.0 Å². The highest BCUT2D eigenvalue weighted by Crippen LogP contribution is 2.33. The summed E-state index contributed by atoms with van der Waals surface area (Å²) in [5, 5.41) is 0.808. The van der Waals surface area contributed by atoms with Crippen LogP contribution < -0.4 is 5.56 Å². The molecule has 7 heteroatoms. The van der Waals surface area contributed by atoms with Gasteiger partial charge in [-0.25, -0.2) is 0 Å². The van der Waals surface area contributed by atoms with Gasteiger partial charge < -0.3 is 0 Å². The lowest BCUT2D eigenvalue weighted by Gasteiger charge is -2.16. The first-order valence-corrected chi connectivity index (χ1v) is 7.78. The van der Waals surface area contributed by atoms with Crippen molar-refractivity contribution in [3.05, 3.63) is 75.0 Å². The molecule has 0 fully saturated rings. The molecule has 130 valence electrons. The van der Waals surface area contributed by atoms with Gasteiger partial charge in [-0.3, -0.25) is 14.2 Å². The number of rotatable bonds is 3. The second kappa shape index (κ2) is 6.11. The van der Waals surface area contributed by atoms with Crippen LogP contribution in [0, 0.1) is 0 Å². The lowest BCUT2D eigenvalue weighted by molar-refractivity contribution is -0.138. The Morgan fingerprint density at radius 2 is 1.92 bits per heavy atom. The smallest absolute Gasteiger partial charge is 0.278 e. The lowest BCUT2D eigenvalue weighted by Crippen LogP contribution is -2.21. The van der Waals surface area contributed by atoms with Crippen LogP contribution in [0.5, 0.6) is 0 Å². The Hall–Kier alpha value is -2.47. The lowest BCUT2D eigenvalue weighted by atomic mass is 10.0. The molecule has 0 atom stereocenters. The molecule has 0 amide bonds. The van der Waals surface area contributed by atoms with E-state index in [0.717, 1.165) is 6.07 Å². The molecular weight excluding hydrogens is 353 g/mol. The summed E-state index contributed by atoms with van der Waals surface area (Å²) < 4.78 is 42.8. The molecule has 0 unspecified atom stereocenters. The molecule has 0 spiro atoms. The van der Waals surface area contributed by atoms with Gasteiger partial charge in [0.2, 0.25) is 0 Å². The molecule has 0 aliphatic rings. The Bertz CT molecular complexity index is 1030. The molecule has 0 saturated heterocycles. The maximum absolute atomic E-state index is 13.3. The van der Waals surface area contributed by atoms with Gasteiger partial charge >= 0.3 is 6.18 Å². The van der Waals surface area contributed by atoms with Crippen molar-refractivity contribution in [2.24, 2.45) is 7.05 Å². The van der Waals surface area contributed by atoms with Gasteiger partial charge in [-0.2, -0.15) is 13.2 Å². The van der Waals surface area contributed by atoms with Crippen LogP contribution in [0.25, 0.3) is 17.0 Å². The first kappa shape index (κ1) is 17.4. The Labute approximate surface area is 146 Å². The quantitative estimate of drug-likeness (QED) is 0.660. The Morgan fingerprint density at radius 1 is 1.20 bits per heavy atom. The number of aromatic nitrogens is 2. The van der Waals surface area contributed by atoms with Crippen molar-refractivity contribution in [3.8, 4) is 0 Å². The van der Waals surface area contributed by atoms with E-state index >= 15 is 0 Å². The van der Waals surface area contributed by atoms with Gasteiger partial charge in [-0.1, -0.05) is 30.3 Å². The zero-order valence-corrected chi connectivity index (χ0v) is 14.0. The highest BCUT2D eigenvalue weighted by molar-refractivity contribution is 6.31. The number of alkyl halides is 3. The summed E-state index contributed by atoms with van der Waals surface area (Å²) in [5.74, 6) is 0. The summed E-state index contributed by atoms with van der Waals surface area (Å²) in [6.45, 7) is 3.47. The number of hydrogen-bond donors (Lipinski definition) is 0. The van der Waals surface area contributed by atoms with Crippen LogP contribution in [0.1, 0.15) is 16.7 Å². The van der Waals surface area contributed by atoms with Crippen LogP contribution in [0.2, 0.25) is 5.02 Å². The summed E-state index contributed by atoms with van der Waals surface area (Å²) in [4.78, 5) is 12.3. The second-order valence-corrected chi connectivity index (χ2v) is 6.10. The van der Waals surface area contributed by atoms with Gasteiger partial charge in [0.1, 0.15) is 0 Å². The molecule has 3 rings (SSSR count). The summed E-state index contributed by atoms with van der Waals surface area (Å²) in [6, 6.07) is 8.54. The fraction of sp³-hybridized carbons (Fsp3) is 0.167. The molecule has 1 heterocycles. The minimum absolute atomic E-state index is 0.0531. The third-order valence-corrected chi connectivity index (χ3v) is 4.35. The zero-order chi connectivity index (χ0) is 18.4. The molecule has 25 heavy (non-hydrogen) atoms. The third-order valence-electron chi connectivity index (χ3n) is 4.11. The zero-order valence-electron chi connectivity index (χ0n) is 13.3. The standard InChI is InChI=1S/C18H14ClF3N2O/c1-3-11-4-7-15(18(20,21)22)12(8-11)10-24-16-9-13(19)5-6-14(16)17(25)23(24)2/h3-9H,1,10H2,2H3. The maximum Gasteiger partial charge on any atom is 0.416 e. The monoisotopic (exact) mass is 366 g/mol. The topological polar surface area (TPSA) is 26.9 Å². The van der Waals surface area contributed by atoms with Crippen LogP contribution in [-0.2, 0) is 19.8 Å². The number of halogens is 4. The van der Waals surface area contributed by atoms with Crippen molar-refractivity contribution in [3.63, 3.8) is 0 Å². The molecule has 2 aromatic carbocycles. The average Bonchev–Trinajstić information content (AvgIpc) is 2.78. The van der Waals surface area contributed by atoms with Crippen molar-refractivity contribution < 1.29 is 13.2 Å². The molecule has 3 nitrogen and oxygen atoms in total. The maximum atomic E-state index is 13.3. The van der Waals surface area contributed by atoms with Crippen molar-refractivity contribution in [2.75, 3.05) is 0 Å². The van der Waals surface area contributed by atoms with Crippen LogP contribution in [-0.4, -0.2) is 9.36 Å². The van der Waals surface area contributed by atoms with Crippen LogP contribution in [0.15, 0.2) is 47.8 Å². The van der Waals surface area contributed by atoms with E-state index in [1.165, 1.54) is 34.6 Å². The molecular formula is C18H14ClF3N2O. The van der Waals surface area contributed by atoms with Crippen molar-refractivity contribution in [1.82, 2.24) is 9.36 Å². The minimum Gasteiger partial charge on any atom is -0.278 e. The Balaban J connectivity index is 2.23. The van der Waals surface area contributed by atoms with Crippen LogP contribution >= 0.6 is 11.6 Å². The number of fused-ring (bicyclic) bond motifs is 1. The van der Waals surface area contributed by atoms with E-state index in [4.69, 9.17) is 11.6 Å². The van der Waals surface area contributed by atoms with Gasteiger partial charge in [0, 0.05) is 12.1 Å². The number of benzene rings is 2. The summed E-state index contributed by atoms with van der Waals surface area (Å²) in [6.07, 6.45) is -3.01. The van der Waals surface area contributed by atoms with Crippen molar-refractivity contribution >= 4 is 28.6 Å². The van der Waals surface area contributed by atoms with E-state index in [9.17, 15) is 18.0 Å². The molecule has 0 N–H and O–H groups in total. The molecule has 3 aromatic rings. The molecule has 0 radical (unpaired) electrons. The SMILES string of the molecule is C=Cc1ccc(C(F)(F)F)c(Cn2c3cc(Cl)ccc3c(=O)n2C)c1. The normalized spacial score (nSPS) is 11.9. The van der Waals surface area contributed by atoms with Crippen molar-refractivity contribution in [1.29, 1.82) is 0 Å². The average molecular weight is 367 g/mol. The van der Waals surface area contributed by atoms with E-state index in [1.807, 2.05) is 0 Å². The van der Waals surface area contributed by atoms with Crippen LogP contribution in [0.3, 0.4) is 0 Å². The van der Waals surface area contributed by atoms with E-state index in [2.05, 4.69) is 6.58 Å². The summed E-state index contributed by atoms with van der Waals surface area (Å²) in [7, 11) is 1.51.